The number of aryl methyl sites for hydroxylation is 1. The first-order valence-electron chi connectivity index (χ1n) is 10.3. The molecule has 4 rings (SSSR count). The van der Waals surface area contributed by atoms with E-state index in [2.05, 4.69) is 37.6 Å². The average molecular weight is 416 g/mol. The van der Waals surface area contributed by atoms with Crippen LogP contribution in [0.15, 0.2) is 30.3 Å². The maximum absolute atomic E-state index is 13.2. The van der Waals surface area contributed by atoms with E-state index in [1.54, 1.807) is 0 Å². The summed E-state index contributed by atoms with van der Waals surface area (Å²) in [7, 11) is 0. The SMILES string of the molecule is Cc1nc(N2CCNCC2)sc1C(=O)NC(CN1CCOCC1)c1ccccc1. The standard InChI is InChI=1S/C21H29N5O2S/c1-16-19(29-21(23-16)26-9-7-22-8-10-26)20(27)24-18(17-5-3-2-4-6-17)15-25-11-13-28-14-12-25/h2-6,18,22H,7-15H2,1H3,(H,24,27). The van der Waals surface area contributed by atoms with E-state index in [0.29, 0.717) is 4.88 Å². The van der Waals surface area contributed by atoms with Crippen molar-refractivity contribution in [3.8, 4) is 0 Å². The highest BCUT2D eigenvalue weighted by Gasteiger charge is 2.24. The summed E-state index contributed by atoms with van der Waals surface area (Å²) in [6, 6.07) is 10.1. The summed E-state index contributed by atoms with van der Waals surface area (Å²) in [5, 5.41) is 7.57. The Morgan fingerprint density at radius 3 is 2.66 bits per heavy atom. The zero-order valence-corrected chi connectivity index (χ0v) is 17.7. The Hall–Kier alpha value is -2.00. The van der Waals surface area contributed by atoms with Crippen LogP contribution in [0.1, 0.15) is 27.0 Å². The molecule has 0 saturated carbocycles. The molecule has 2 aliphatic rings. The molecule has 0 spiro atoms. The number of morpholine rings is 1. The number of nitrogens with zero attached hydrogens (tertiary/aromatic N) is 3. The molecule has 1 unspecified atom stereocenters. The number of ether oxygens (including phenoxy) is 1. The predicted octanol–water partition coefficient (Wildman–Crippen LogP) is 1.66. The van der Waals surface area contributed by atoms with E-state index in [9.17, 15) is 4.79 Å². The monoisotopic (exact) mass is 415 g/mol. The van der Waals surface area contributed by atoms with Gasteiger partial charge in [0.2, 0.25) is 0 Å². The van der Waals surface area contributed by atoms with Gasteiger partial charge in [0.05, 0.1) is 24.9 Å². The Morgan fingerprint density at radius 1 is 1.21 bits per heavy atom. The van der Waals surface area contributed by atoms with Gasteiger partial charge in [-0.15, -0.1) is 0 Å². The van der Waals surface area contributed by atoms with Crippen LogP contribution in [0.5, 0.6) is 0 Å². The third-order valence-corrected chi connectivity index (χ3v) is 6.65. The lowest BCUT2D eigenvalue weighted by molar-refractivity contribution is 0.0332. The zero-order valence-electron chi connectivity index (χ0n) is 16.9. The highest BCUT2D eigenvalue weighted by atomic mass is 32.1. The molecule has 2 saturated heterocycles. The van der Waals surface area contributed by atoms with Crippen molar-refractivity contribution < 1.29 is 9.53 Å². The van der Waals surface area contributed by atoms with Crippen molar-refractivity contribution in [1.29, 1.82) is 0 Å². The molecule has 0 bridgehead atoms. The number of thiazole rings is 1. The van der Waals surface area contributed by atoms with Gasteiger partial charge < -0.3 is 20.3 Å². The van der Waals surface area contributed by atoms with E-state index in [0.717, 1.165) is 75.4 Å². The normalized spacial score (nSPS) is 19.1. The van der Waals surface area contributed by atoms with Crippen molar-refractivity contribution in [2.24, 2.45) is 0 Å². The number of amides is 1. The lowest BCUT2D eigenvalue weighted by atomic mass is 10.1. The maximum Gasteiger partial charge on any atom is 0.263 e. The lowest BCUT2D eigenvalue weighted by Gasteiger charge is -2.31. The summed E-state index contributed by atoms with van der Waals surface area (Å²) in [6.45, 7) is 9.76. The van der Waals surface area contributed by atoms with E-state index in [4.69, 9.17) is 4.74 Å². The first-order chi connectivity index (χ1) is 14.2. The van der Waals surface area contributed by atoms with Gasteiger partial charge in [-0.2, -0.15) is 0 Å². The minimum absolute atomic E-state index is 0.0384. The Bertz CT molecular complexity index is 801. The molecule has 1 atom stereocenters. The van der Waals surface area contributed by atoms with E-state index < -0.39 is 0 Å². The number of hydrogen-bond donors (Lipinski definition) is 2. The molecular formula is C21H29N5O2S. The molecule has 2 N–H and O–H groups in total. The van der Waals surface area contributed by atoms with Crippen LogP contribution in [0.25, 0.3) is 0 Å². The highest BCUT2D eigenvalue weighted by molar-refractivity contribution is 7.17. The quantitative estimate of drug-likeness (QED) is 0.748. The molecule has 2 fully saturated rings. The molecule has 29 heavy (non-hydrogen) atoms. The number of aromatic nitrogens is 1. The summed E-state index contributed by atoms with van der Waals surface area (Å²) in [5.41, 5.74) is 1.93. The summed E-state index contributed by atoms with van der Waals surface area (Å²) >= 11 is 1.50. The molecule has 0 aliphatic carbocycles. The molecule has 3 heterocycles. The topological polar surface area (TPSA) is 69.7 Å². The van der Waals surface area contributed by atoms with Gasteiger partial charge in [0.15, 0.2) is 5.13 Å². The third-order valence-electron chi connectivity index (χ3n) is 5.43. The van der Waals surface area contributed by atoms with Gasteiger partial charge in [-0.1, -0.05) is 41.7 Å². The van der Waals surface area contributed by atoms with Crippen molar-refractivity contribution in [3.63, 3.8) is 0 Å². The van der Waals surface area contributed by atoms with Crippen LogP contribution >= 0.6 is 11.3 Å². The molecule has 156 valence electrons. The number of anilines is 1. The fourth-order valence-corrected chi connectivity index (χ4v) is 4.79. The van der Waals surface area contributed by atoms with Crippen molar-refractivity contribution in [1.82, 2.24) is 20.5 Å². The van der Waals surface area contributed by atoms with Crippen LogP contribution in [0.2, 0.25) is 0 Å². The molecule has 8 heteroatoms. The maximum atomic E-state index is 13.2. The van der Waals surface area contributed by atoms with Gasteiger partial charge in [0.25, 0.3) is 5.91 Å². The molecular weight excluding hydrogens is 386 g/mol. The second kappa shape index (κ2) is 9.67. The van der Waals surface area contributed by atoms with E-state index in [-0.39, 0.29) is 11.9 Å². The third kappa shape index (κ3) is 5.14. The van der Waals surface area contributed by atoms with Crippen molar-refractivity contribution in [3.05, 3.63) is 46.5 Å². The van der Waals surface area contributed by atoms with Crippen LogP contribution in [0.4, 0.5) is 5.13 Å². The van der Waals surface area contributed by atoms with Gasteiger partial charge >= 0.3 is 0 Å². The van der Waals surface area contributed by atoms with E-state index in [1.807, 2.05) is 25.1 Å². The molecule has 7 nitrogen and oxygen atoms in total. The van der Waals surface area contributed by atoms with Gasteiger partial charge in [-0.25, -0.2) is 4.98 Å². The van der Waals surface area contributed by atoms with Crippen LogP contribution in [0, 0.1) is 6.92 Å². The van der Waals surface area contributed by atoms with Gasteiger partial charge in [0, 0.05) is 45.8 Å². The zero-order chi connectivity index (χ0) is 20.1. The minimum atomic E-state index is -0.0639. The van der Waals surface area contributed by atoms with Gasteiger partial charge in [-0.3, -0.25) is 9.69 Å². The molecule has 1 amide bonds. The lowest BCUT2D eigenvalue weighted by Crippen LogP contribution is -2.43. The van der Waals surface area contributed by atoms with Crippen molar-refractivity contribution in [2.45, 2.75) is 13.0 Å². The number of carbonyl (C=O) groups is 1. The molecule has 1 aromatic carbocycles. The molecule has 0 radical (unpaired) electrons. The fraction of sp³-hybridized carbons (Fsp3) is 0.524. The number of carbonyl (C=O) groups excluding carboxylic acids is 1. The predicted molar refractivity (Wildman–Crippen MR) is 116 cm³/mol. The van der Waals surface area contributed by atoms with Crippen LogP contribution < -0.4 is 15.5 Å². The smallest absolute Gasteiger partial charge is 0.263 e. The Morgan fingerprint density at radius 2 is 1.93 bits per heavy atom. The van der Waals surface area contributed by atoms with Crippen molar-refractivity contribution in [2.75, 3.05) is 63.9 Å². The van der Waals surface area contributed by atoms with Gasteiger partial charge in [0.1, 0.15) is 4.88 Å². The number of piperazine rings is 1. The first kappa shape index (κ1) is 20.3. The van der Waals surface area contributed by atoms with Crippen molar-refractivity contribution >= 4 is 22.4 Å². The first-order valence-corrected chi connectivity index (χ1v) is 11.1. The number of hydrogen-bond acceptors (Lipinski definition) is 7. The Balaban J connectivity index is 1.49. The minimum Gasteiger partial charge on any atom is -0.379 e. The largest absolute Gasteiger partial charge is 0.379 e. The fourth-order valence-electron chi connectivity index (χ4n) is 3.77. The Labute approximate surface area is 176 Å². The second-order valence-electron chi connectivity index (χ2n) is 7.50. The molecule has 2 aromatic rings. The van der Waals surface area contributed by atoms with E-state index in [1.165, 1.54) is 11.3 Å². The second-order valence-corrected chi connectivity index (χ2v) is 8.48. The molecule has 2 aliphatic heterocycles. The summed E-state index contributed by atoms with van der Waals surface area (Å²) in [6.07, 6.45) is 0. The van der Waals surface area contributed by atoms with Crippen LogP contribution in [-0.4, -0.2) is 74.8 Å². The summed E-state index contributed by atoms with van der Waals surface area (Å²) in [5.74, 6) is -0.0384. The van der Waals surface area contributed by atoms with Crippen LogP contribution in [0.3, 0.4) is 0 Å². The molecule has 1 aromatic heterocycles. The Kier molecular flexibility index (Phi) is 6.76. The van der Waals surface area contributed by atoms with Crippen LogP contribution in [-0.2, 0) is 4.74 Å². The van der Waals surface area contributed by atoms with Gasteiger partial charge in [-0.05, 0) is 12.5 Å². The number of benzene rings is 1. The summed E-state index contributed by atoms with van der Waals surface area (Å²) < 4.78 is 5.47. The number of rotatable bonds is 6. The summed E-state index contributed by atoms with van der Waals surface area (Å²) in [4.78, 5) is 23.2. The van der Waals surface area contributed by atoms with E-state index >= 15 is 0 Å². The number of nitrogens with one attached hydrogen (secondary N) is 2. The average Bonchev–Trinajstić information content (AvgIpc) is 3.17. The highest BCUT2D eigenvalue weighted by Crippen LogP contribution is 2.27.